The average Bonchev–Trinajstić information content (AvgIpc) is 2.75. The lowest BCUT2D eigenvalue weighted by atomic mass is 9.83. The summed E-state index contributed by atoms with van der Waals surface area (Å²) in [5, 5.41) is 80.6. The normalized spacial score (nSPS) is 25.8. The van der Waals surface area contributed by atoms with E-state index >= 15 is 0 Å². The molecular weight excluding hydrogens is 428 g/mol. The highest BCUT2D eigenvalue weighted by Gasteiger charge is 2.46. The van der Waals surface area contributed by atoms with Crippen LogP contribution >= 0.6 is 0 Å². The minimum absolute atomic E-state index is 0.0613. The Bertz CT molecular complexity index is 1220. The molecule has 1 aliphatic rings. The number of aliphatic hydroxyl groups excluding tert-OH is 4. The van der Waals surface area contributed by atoms with E-state index in [2.05, 4.69) is 0 Å². The lowest BCUT2D eigenvalue weighted by Crippen LogP contribution is -2.54. The van der Waals surface area contributed by atoms with Gasteiger partial charge in [0.15, 0.2) is 12.1 Å². The molecule has 1 fully saturated rings. The summed E-state index contributed by atoms with van der Waals surface area (Å²) in [5.74, 6) is -4.40. The van der Waals surface area contributed by atoms with Crippen LogP contribution in [-0.4, -0.2) is 72.1 Å². The van der Waals surface area contributed by atoms with E-state index in [4.69, 9.17) is 9.15 Å². The van der Waals surface area contributed by atoms with Gasteiger partial charge in [-0.3, -0.25) is 4.79 Å². The zero-order valence-electron chi connectivity index (χ0n) is 16.3. The fourth-order valence-corrected chi connectivity index (χ4v) is 3.87. The molecule has 5 atom stereocenters. The van der Waals surface area contributed by atoms with Gasteiger partial charge in [-0.2, -0.15) is 0 Å². The van der Waals surface area contributed by atoms with Crippen molar-refractivity contribution in [2.45, 2.75) is 30.5 Å². The first-order valence-corrected chi connectivity index (χ1v) is 9.50. The van der Waals surface area contributed by atoms with Crippen molar-refractivity contribution in [2.75, 3.05) is 6.61 Å². The van der Waals surface area contributed by atoms with Gasteiger partial charge in [-0.05, 0) is 24.3 Å². The third-order valence-electron chi connectivity index (χ3n) is 5.51. The van der Waals surface area contributed by atoms with Crippen LogP contribution in [0.3, 0.4) is 0 Å². The molecule has 0 spiro atoms. The molecule has 32 heavy (non-hydrogen) atoms. The third-order valence-corrected chi connectivity index (χ3v) is 5.51. The molecule has 1 aliphatic heterocycles. The number of phenolic OH excluding ortho intramolecular Hbond substituents is 3. The first kappa shape index (κ1) is 21.9. The van der Waals surface area contributed by atoms with E-state index in [1.807, 2.05) is 0 Å². The molecule has 170 valence electrons. The topological polar surface area (TPSA) is 201 Å². The number of rotatable bonds is 3. The maximum atomic E-state index is 12.8. The van der Waals surface area contributed by atoms with Crippen LogP contribution in [0.2, 0.25) is 0 Å². The zero-order chi connectivity index (χ0) is 23.3. The Morgan fingerprint density at radius 1 is 0.906 bits per heavy atom. The summed E-state index contributed by atoms with van der Waals surface area (Å²) < 4.78 is 10.6. The Labute approximate surface area is 179 Å². The molecule has 2 aromatic carbocycles. The molecule has 5 unspecified atom stereocenters. The van der Waals surface area contributed by atoms with E-state index in [1.54, 1.807) is 0 Å². The monoisotopic (exact) mass is 448 g/mol. The van der Waals surface area contributed by atoms with Crippen molar-refractivity contribution >= 4 is 11.0 Å². The van der Waals surface area contributed by atoms with E-state index < -0.39 is 70.8 Å². The SMILES string of the molecule is O=c1c(O)c(-c2ccc(O)cc2)oc2cc(O)c(C3C(O)OC(CO)C(O)C3O)c(O)c12. The Morgan fingerprint density at radius 2 is 1.56 bits per heavy atom. The Morgan fingerprint density at radius 3 is 2.19 bits per heavy atom. The van der Waals surface area contributed by atoms with Crippen LogP contribution < -0.4 is 5.43 Å². The van der Waals surface area contributed by atoms with Crippen molar-refractivity contribution in [3.05, 3.63) is 46.1 Å². The second-order valence-corrected chi connectivity index (χ2v) is 7.44. The van der Waals surface area contributed by atoms with E-state index in [9.17, 15) is 45.6 Å². The molecular formula is C21H20O11. The van der Waals surface area contributed by atoms with E-state index in [-0.39, 0.29) is 22.7 Å². The summed E-state index contributed by atoms with van der Waals surface area (Å²) in [6, 6.07) is 6.29. The van der Waals surface area contributed by atoms with Crippen LogP contribution in [0.5, 0.6) is 23.0 Å². The molecule has 0 bridgehead atoms. The van der Waals surface area contributed by atoms with Gasteiger partial charge < -0.3 is 50.0 Å². The fourth-order valence-electron chi connectivity index (χ4n) is 3.87. The first-order chi connectivity index (χ1) is 15.1. The van der Waals surface area contributed by atoms with Gasteiger partial charge >= 0.3 is 0 Å². The summed E-state index contributed by atoms with van der Waals surface area (Å²) in [7, 11) is 0. The zero-order valence-corrected chi connectivity index (χ0v) is 16.3. The largest absolute Gasteiger partial charge is 0.508 e. The van der Waals surface area contributed by atoms with Gasteiger partial charge in [-0.1, -0.05) is 0 Å². The summed E-state index contributed by atoms with van der Waals surface area (Å²) in [6.07, 6.45) is -6.65. The number of ether oxygens (including phenoxy) is 1. The van der Waals surface area contributed by atoms with Crippen LogP contribution in [0.4, 0.5) is 0 Å². The van der Waals surface area contributed by atoms with Gasteiger partial charge in [-0.25, -0.2) is 0 Å². The average molecular weight is 448 g/mol. The number of phenols is 3. The minimum Gasteiger partial charge on any atom is -0.508 e. The van der Waals surface area contributed by atoms with Crippen molar-refractivity contribution in [2.24, 2.45) is 0 Å². The van der Waals surface area contributed by atoms with E-state index in [0.29, 0.717) is 0 Å². The maximum absolute atomic E-state index is 12.8. The van der Waals surface area contributed by atoms with Crippen LogP contribution in [0, 0.1) is 0 Å². The molecule has 3 aromatic rings. The summed E-state index contributed by atoms with van der Waals surface area (Å²) >= 11 is 0. The van der Waals surface area contributed by atoms with E-state index in [1.165, 1.54) is 24.3 Å². The molecule has 11 nitrogen and oxygen atoms in total. The van der Waals surface area contributed by atoms with Crippen LogP contribution in [0.25, 0.3) is 22.3 Å². The maximum Gasteiger partial charge on any atom is 0.238 e. The lowest BCUT2D eigenvalue weighted by molar-refractivity contribution is -0.251. The second-order valence-electron chi connectivity index (χ2n) is 7.44. The first-order valence-electron chi connectivity index (χ1n) is 9.50. The van der Waals surface area contributed by atoms with Gasteiger partial charge in [0, 0.05) is 17.2 Å². The van der Waals surface area contributed by atoms with Crippen molar-refractivity contribution < 1.29 is 50.0 Å². The van der Waals surface area contributed by atoms with Gasteiger partial charge in [-0.15, -0.1) is 0 Å². The highest BCUT2D eigenvalue weighted by Crippen LogP contribution is 2.46. The predicted octanol–water partition coefficient (Wildman–Crippen LogP) is -0.203. The number of benzene rings is 2. The van der Waals surface area contributed by atoms with Crippen LogP contribution in [0.1, 0.15) is 11.5 Å². The quantitative estimate of drug-likeness (QED) is 0.264. The Hall–Kier alpha value is -3.35. The van der Waals surface area contributed by atoms with Crippen LogP contribution in [-0.2, 0) is 4.74 Å². The molecule has 11 heteroatoms. The van der Waals surface area contributed by atoms with Crippen molar-refractivity contribution in [1.82, 2.24) is 0 Å². The molecule has 2 heterocycles. The summed E-state index contributed by atoms with van der Waals surface area (Å²) in [4.78, 5) is 12.8. The van der Waals surface area contributed by atoms with Gasteiger partial charge in [0.25, 0.3) is 0 Å². The van der Waals surface area contributed by atoms with Gasteiger partial charge in [0.2, 0.25) is 11.2 Å². The molecule has 0 radical (unpaired) electrons. The number of aromatic hydroxyl groups is 4. The smallest absolute Gasteiger partial charge is 0.238 e. The molecule has 8 N–H and O–H groups in total. The number of hydrogen-bond donors (Lipinski definition) is 8. The minimum atomic E-state index is -1.86. The predicted molar refractivity (Wildman–Crippen MR) is 107 cm³/mol. The third kappa shape index (κ3) is 3.32. The van der Waals surface area contributed by atoms with Gasteiger partial charge in [0.1, 0.15) is 40.4 Å². The number of fused-ring (bicyclic) bond motifs is 1. The number of hydrogen-bond acceptors (Lipinski definition) is 11. The molecule has 0 amide bonds. The van der Waals surface area contributed by atoms with Gasteiger partial charge in [0.05, 0.1) is 18.6 Å². The molecule has 0 saturated carbocycles. The van der Waals surface area contributed by atoms with Crippen molar-refractivity contribution in [3.63, 3.8) is 0 Å². The summed E-state index contributed by atoms with van der Waals surface area (Å²) in [6.45, 7) is -0.713. The van der Waals surface area contributed by atoms with E-state index in [0.717, 1.165) is 6.07 Å². The molecule has 4 rings (SSSR count). The summed E-state index contributed by atoms with van der Waals surface area (Å²) in [5.41, 5.74) is -1.67. The Kier molecular flexibility index (Phi) is 5.44. The molecule has 0 aliphatic carbocycles. The standard InChI is InChI=1S/C21H20O11/c22-6-11-15(25)18(28)14(21(30)32-11)12-9(24)5-10-13(16(12)26)17(27)19(29)20(31-10)7-1-3-8(23)4-2-7/h1-5,11,14-15,18,21-26,28-30H,6H2. The van der Waals surface area contributed by atoms with Crippen molar-refractivity contribution in [3.8, 4) is 34.3 Å². The van der Waals surface area contributed by atoms with Crippen molar-refractivity contribution in [1.29, 1.82) is 0 Å². The Balaban J connectivity index is 1.91. The highest BCUT2D eigenvalue weighted by molar-refractivity contribution is 5.90. The van der Waals surface area contributed by atoms with Crippen LogP contribution in [0.15, 0.2) is 39.5 Å². The molecule has 1 aromatic heterocycles. The number of aliphatic hydroxyl groups is 4. The fraction of sp³-hybridized carbons (Fsp3) is 0.286. The second kappa shape index (κ2) is 7.97. The highest BCUT2D eigenvalue weighted by atomic mass is 16.6. The lowest BCUT2D eigenvalue weighted by Gasteiger charge is -2.40. The molecule has 1 saturated heterocycles.